The molecule has 0 saturated heterocycles. The van der Waals surface area contributed by atoms with Gasteiger partial charge in [-0.05, 0) is 26.2 Å². The summed E-state index contributed by atoms with van der Waals surface area (Å²) in [6.07, 6.45) is 2.47. The fraction of sp³-hybridized carbons (Fsp3) is 0.875. The van der Waals surface area contributed by atoms with Crippen molar-refractivity contribution in [2.24, 2.45) is 0 Å². The molecule has 1 rings (SSSR count). The molecule has 12 heavy (non-hydrogen) atoms. The SMILES string of the molecule is CC(O)CCNC(=O)NC1CC1. The first-order valence-corrected chi connectivity index (χ1v) is 4.41. The van der Waals surface area contributed by atoms with Crippen molar-refractivity contribution in [3.8, 4) is 0 Å². The standard InChI is InChI=1S/C8H16N2O2/c1-6(11)4-5-9-8(12)10-7-2-3-7/h6-7,11H,2-5H2,1H3,(H2,9,10,12). The molecule has 0 aromatic heterocycles. The lowest BCUT2D eigenvalue weighted by Crippen LogP contribution is -2.37. The van der Waals surface area contributed by atoms with Crippen LogP contribution in [-0.4, -0.2) is 29.8 Å². The monoisotopic (exact) mass is 172 g/mol. The molecule has 4 nitrogen and oxygen atoms in total. The average Bonchev–Trinajstić information content (AvgIpc) is 2.70. The lowest BCUT2D eigenvalue weighted by molar-refractivity contribution is 0.183. The highest BCUT2D eigenvalue weighted by Gasteiger charge is 2.22. The molecule has 0 heterocycles. The van der Waals surface area contributed by atoms with Crippen molar-refractivity contribution in [2.75, 3.05) is 6.54 Å². The van der Waals surface area contributed by atoms with E-state index in [0.717, 1.165) is 12.8 Å². The summed E-state index contributed by atoms with van der Waals surface area (Å²) >= 11 is 0. The highest BCUT2D eigenvalue weighted by atomic mass is 16.3. The molecule has 0 bridgehead atoms. The molecule has 1 aliphatic rings. The molecule has 2 amide bonds. The van der Waals surface area contributed by atoms with Crippen molar-refractivity contribution < 1.29 is 9.90 Å². The Morgan fingerprint density at radius 2 is 2.33 bits per heavy atom. The molecule has 0 aliphatic heterocycles. The molecule has 4 heteroatoms. The summed E-state index contributed by atoms with van der Waals surface area (Å²) < 4.78 is 0. The van der Waals surface area contributed by atoms with Gasteiger partial charge >= 0.3 is 6.03 Å². The van der Waals surface area contributed by atoms with Crippen LogP contribution in [0.15, 0.2) is 0 Å². The van der Waals surface area contributed by atoms with Gasteiger partial charge in [-0.3, -0.25) is 0 Å². The quantitative estimate of drug-likeness (QED) is 0.568. The summed E-state index contributed by atoms with van der Waals surface area (Å²) in [6, 6.07) is 0.287. The van der Waals surface area contributed by atoms with Crippen molar-refractivity contribution in [2.45, 2.75) is 38.3 Å². The van der Waals surface area contributed by atoms with Gasteiger partial charge in [-0.1, -0.05) is 0 Å². The molecule has 1 aliphatic carbocycles. The minimum absolute atomic E-state index is 0.113. The summed E-state index contributed by atoms with van der Waals surface area (Å²) in [5.41, 5.74) is 0. The van der Waals surface area contributed by atoms with Gasteiger partial charge in [0, 0.05) is 12.6 Å². The van der Waals surface area contributed by atoms with E-state index in [9.17, 15) is 4.79 Å². The summed E-state index contributed by atoms with van der Waals surface area (Å²) in [4.78, 5) is 11.0. The van der Waals surface area contributed by atoms with Crippen molar-refractivity contribution >= 4 is 6.03 Å². The Balaban J connectivity index is 1.94. The third-order valence-electron chi connectivity index (χ3n) is 1.76. The maximum Gasteiger partial charge on any atom is 0.315 e. The maximum absolute atomic E-state index is 11.0. The van der Waals surface area contributed by atoms with E-state index in [1.807, 2.05) is 0 Å². The average molecular weight is 172 g/mol. The van der Waals surface area contributed by atoms with Crippen LogP contribution < -0.4 is 10.6 Å². The van der Waals surface area contributed by atoms with Crippen molar-refractivity contribution in [3.05, 3.63) is 0 Å². The molecule has 1 saturated carbocycles. The molecule has 0 aromatic rings. The highest BCUT2D eigenvalue weighted by molar-refractivity contribution is 5.74. The number of nitrogens with one attached hydrogen (secondary N) is 2. The summed E-state index contributed by atoms with van der Waals surface area (Å²) in [7, 11) is 0. The largest absolute Gasteiger partial charge is 0.393 e. The Hall–Kier alpha value is -0.770. The number of aliphatic hydroxyl groups is 1. The van der Waals surface area contributed by atoms with Crippen LogP contribution in [0.3, 0.4) is 0 Å². The fourth-order valence-corrected chi connectivity index (χ4v) is 0.859. The number of hydrogen-bond acceptors (Lipinski definition) is 2. The molecule has 0 aromatic carbocycles. The topological polar surface area (TPSA) is 61.4 Å². The second kappa shape index (κ2) is 4.30. The van der Waals surface area contributed by atoms with E-state index in [1.165, 1.54) is 0 Å². The Kier molecular flexibility index (Phi) is 3.34. The van der Waals surface area contributed by atoms with E-state index in [0.29, 0.717) is 19.0 Å². The third-order valence-corrected chi connectivity index (χ3v) is 1.76. The van der Waals surface area contributed by atoms with Gasteiger partial charge in [-0.15, -0.1) is 0 Å². The van der Waals surface area contributed by atoms with Gasteiger partial charge in [0.2, 0.25) is 0 Å². The Bertz CT molecular complexity index is 155. The summed E-state index contributed by atoms with van der Waals surface area (Å²) in [6.45, 7) is 2.25. The van der Waals surface area contributed by atoms with Crippen LogP contribution in [0.5, 0.6) is 0 Å². The van der Waals surface area contributed by atoms with Gasteiger partial charge in [-0.2, -0.15) is 0 Å². The van der Waals surface area contributed by atoms with Gasteiger partial charge < -0.3 is 15.7 Å². The number of carbonyl (C=O) groups is 1. The van der Waals surface area contributed by atoms with Crippen LogP contribution in [-0.2, 0) is 0 Å². The Labute approximate surface area is 72.3 Å². The number of aliphatic hydroxyl groups excluding tert-OH is 1. The number of rotatable bonds is 4. The third kappa shape index (κ3) is 4.18. The lowest BCUT2D eigenvalue weighted by atomic mass is 10.3. The lowest BCUT2D eigenvalue weighted by Gasteiger charge is -2.07. The van der Waals surface area contributed by atoms with Gasteiger partial charge in [0.25, 0.3) is 0 Å². The van der Waals surface area contributed by atoms with E-state index in [2.05, 4.69) is 10.6 Å². The van der Waals surface area contributed by atoms with Crippen molar-refractivity contribution in [1.82, 2.24) is 10.6 Å². The van der Waals surface area contributed by atoms with Gasteiger partial charge in [-0.25, -0.2) is 4.79 Å². The minimum Gasteiger partial charge on any atom is -0.393 e. The van der Waals surface area contributed by atoms with Crippen LogP contribution in [0.25, 0.3) is 0 Å². The number of urea groups is 1. The zero-order valence-corrected chi connectivity index (χ0v) is 7.34. The Morgan fingerprint density at radius 1 is 1.67 bits per heavy atom. The normalized spacial score (nSPS) is 18.5. The van der Waals surface area contributed by atoms with E-state index < -0.39 is 0 Å². The van der Waals surface area contributed by atoms with Crippen molar-refractivity contribution in [3.63, 3.8) is 0 Å². The molecule has 3 N–H and O–H groups in total. The predicted octanol–water partition coefficient (Wildman–Crippen LogP) is 0.219. The van der Waals surface area contributed by atoms with Gasteiger partial charge in [0.05, 0.1) is 6.10 Å². The summed E-state index contributed by atoms with van der Waals surface area (Å²) in [5.74, 6) is 0. The maximum atomic E-state index is 11.0. The van der Waals surface area contributed by atoms with E-state index in [4.69, 9.17) is 5.11 Å². The number of hydrogen-bond donors (Lipinski definition) is 3. The van der Waals surface area contributed by atoms with Crippen LogP contribution in [0.2, 0.25) is 0 Å². The molecule has 0 spiro atoms. The van der Waals surface area contributed by atoms with E-state index in [-0.39, 0.29) is 12.1 Å². The van der Waals surface area contributed by atoms with E-state index >= 15 is 0 Å². The second-order valence-corrected chi connectivity index (χ2v) is 3.31. The van der Waals surface area contributed by atoms with Gasteiger partial charge in [0.1, 0.15) is 0 Å². The first-order chi connectivity index (χ1) is 5.68. The fourth-order valence-electron chi connectivity index (χ4n) is 0.859. The second-order valence-electron chi connectivity index (χ2n) is 3.31. The van der Waals surface area contributed by atoms with Crippen LogP contribution in [0.4, 0.5) is 4.79 Å². The molecular weight excluding hydrogens is 156 g/mol. The van der Waals surface area contributed by atoms with Crippen LogP contribution in [0.1, 0.15) is 26.2 Å². The molecule has 0 radical (unpaired) electrons. The molecule has 1 unspecified atom stereocenters. The van der Waals surface area contributed by atoms with Crippen LogP contribution in [0, 0.1) is 0 Å². The Morgan fingerprint density at radius 3 is 2.83 bits per heavy atom. The zero-order chi connectivity index (χ0) is 8.97. The molecule has 1 fully saturated rings. The number of carbonyl (C=O) groups excluding carboxylic acids is 1. The molecule has 1 atom stereocenters. The van der Waals surface area contributed by atoms with Crippen LogP contribution >= 0.6 is 0 Å². The van der Waals surface area contributed by atoms with Gasteiger partial charge in [0.15, 0.2) is 0 Å². The smallest absolute Gasteiger partial charge is 0.315 e. The van der Waals surface area contributed by atoms with Crippen molar-refractivity contribution in [1.29, 1.82) is 0 Å². The zero-order valence-electron chi connectivity index (χ0n) is 7.34. The molecule has 70 valence electrons. The first kappa shape index (κ1) is 9.32. The predicted molar refractivity (Wildman–Crippen MR) is 45.9 cm³/mol. The summed E-state index contributed by atoms with van der Waals surface area (Å²) in [5, 5.41) is 14.4. The molecular formula is C8H16N2O2. The number of amides is 2. The first-order valence-electron chi connectivity index (χ1n) is 4.41. The van der Waals surface area contributed by atoms with E-state index in [1.54, 1.807) is 6.92 Å². The highest BCUT2D eigenvalue weighted by Crippen LogP contribution is 2.18. The minimum atomic E-state index is -0.341.